The minimum Gasteiger partial charge on any atom is -0.454 e. The highest BCUT2D eigenvalue weighted by Crippen LogP contribution is 2.33. The van der Waals surface area contributed by atoms with E-state index in [1.165, 1.54) is 12.1 Å². The molecule has 8 nitrogen and oxygen atoms in total. The van der Waals surface area contributed by atoms with Crippen molar-refractivity contribution in [3.63, 3.8) is 0 Å². The fraction of sp³-hybridized carbons (Fsp3) is 0.269. The third-order valence-electron chi connectivity index (χ3n) is 6.21. The van der Waals surface area contributed by atoms with Crippen molar-refractivity contribution < 1.29 is 32.2 Å². The number of hydrogen-bond donors (Lipinski definition) is 1. The number of pyridine rings is 1. The lowest BCUT2D eigenvalue weighted by molar-refractivity contribution is -0.137. The minimum absolute atomic E-state index is 0.128. The Morgan fingerprint density at radius 3 is 2.35 bits per heavy atom. The third-order valence-corrected chi connectivity index (χ3v) is 6.21. The Morgan fingerprint density at radius 1 is 0.865 bits per heavy atom. The molecule has 0 radical (unpaired) electrons. The third kappa shape index (κ3) is 5.45. The van der Waals surface area contributed by atoms with Gasteiger partial charge in [-0.1, -0.05) is 0 Å². The minimum atomic E-state index is -4.44. The molecule has 192 valence electrons. The number of carbonyl (C=O) groups is 2. The Hall–Kier alpha value is -4.28. The molecule has 2 aliphatic rings. The van der Waals surface area contributed by atoms with E-state index in [4.69, 9.17) is 9.47 Å². The number of rotatable bonds is 4. The average Bonchev–Trinajstić information content (AvgIpc) is 3.23. The van der Waals surface area contributed by atoms with Gasteiger partial charge in [-0.3, -0.25) is 9.59 Å². The van der Waals surface area contributed by atoms with Gasteiger partial charge >= 0.3 is 6.18 Å². The number of hydrogen-bond acceptors (Lipinski definition) is 6. The summed E-state index contributed by atoms with van der Waals surface area (Å²) in [5.41, 5.74) is 0.397. The Balaban J connectivity index is 1.18. The lowest BCUT2D eigenvalue weighted by Crippen LogP contribution is -2.35. The molecule has 0 aliphatic carbocycles. The van der Waals surface area contributed by atoms with Crippen LogP contribution in [0.3, 0.4) is 0 Å². The van der Waals surface area contributed by atoms with E-state index in [0.29, 0.717) is 61.2 Å². The maximum absolute atomic E-state index is 12.8. The number of aromatic nitrogens is 1. The van der Waals surface area contributed by atoms with Gasteiger partial charge < -0.3 is 24.6 Å². The first-order valence-electron chi connectivity index (χ1n) is 11.7. The van der Waals surface area contributed by atoms with Crippen molar-refractivity contribution in [2.75, 3.05) is 43.2 Å². The number of nitrogens with zero attached hydrogens (tertiary/aromatic N) is 3. The molecule has 1 N–H and O–H groups in total. The van der Waals surface area contributed by atoms with Crippen molar-refractivity contribution in [1.82, 2.24) is 9.88 Å². The fourth-order valence-electron chi connectivity index (χ4n) is 4.22. The van der Waals surface area contributed by atoms with E-state index in [9.17, 15) is 22.8 Å². The van der Waals surface area contributed by atoms with Crippen LogP contribution in [0.1, 0.15) is 32.7 Å². The van der Waals surface area contributed by atoms with Gasteiger partial charge in [0, 0.05) is 37.3 Å². The summed E-state index contributed by atoms with van der Waals surface area (Å²) >= 11 is 0. The van der Waals surface area contributed by atoms with Gasteiger partial charge in [0.05, 0.1) is 17.4 Å². The van der Waals surface area contributed by atoms with Crippen LogP contribution >= 0.6 is 0 Å². The summed E-state index contributed by atoms with van der Waals surface area (Å²) in [6.07, 6.45) is -2.20. The Bertz CT molecular complexity index is 1300. The zero-order valence-corrected chi connectivity index (χ0v) is 19.6. The zero-order chi connectivity index (χ0) is 26.0. The molecule has 5 rings (SSSR count). The number of amides is 2. The molecular weight excluding hydrogens is 489 g/mol. The molecule has 0 bridgehead atoms. The summed E-state index contributed by atoms with van der Waals surface area (Å²) in [7, 11) is 0. The average molecular weight is 512 g/mol. The van der Waals surface area contributed by atoms with Gasteiger partial charge in [-0.2, -0.15) is 13.2 Å². The molecule has 11 heteroatoms. The molecule has 0 atom stereocenters. The van der Waals surface area contributed by atoms with Gasteiger partial charge in [0.2, 0.25) is 6.79 Å². The molecule has 0 spiro atoms. The van der Waals surface area contributed by atoms with Crippen LogP contribution in [-0.2, 0) is 6.18 Å². The SMILES string of the molecule is O=C(Nc1ccc(N2CCCN(C(=O)c3ccc(C(F)(F)F)cc3)CC2)nc1)c1ccc2c(c1)OCO2. The largest absolute Gasteiger partial charge is 0.454 e. The molecule has 2 aliphatic heterocycles. The topological polar surface area (TPSA) is 84.0 Å². The molecule has 0 unspecified atom stereocenters. The molecule has 3 aromatic rings. The molecule has 1 fully saturated rings. The molecule has 2 aromatic carbocycles. The number of anilines is 2. The summed E-state index contributed by atoms with van der Waals surface area (Å²) in [6, 6.07) is 12.8. The predicted octanol–water partition coefficient (Wildman–Crippen LogP) is 4.43. The first kappa shape index (κ1) is 24.4. The highest BCUT2D eigenvalue weighted by atomic mass is 19.4. The highest BCUT2D eigenvalue weighted by molar-refractivity contribution is 6.04. The van der Waals surface area contributed by atoms with E-state index in [-0.39, 0.29) is 24.2 Å². The van der Waals surface area contributed by atoms with Crippen LogP contribution in [-0.4, -0.2) is 54.7 Å². The number of halogens is 3. The number of benzene rings is 2. The number of ether oxygens (including phenoxy) is 2. The monoisotopic (exact) mass is 512 g/mol. The first-order valence-corrected chi connectivity index (χ1v) is 11.7. The predicted molar refractivity (Wildman–Crippen MR) is 129 cm³/mol. The quantitative estimate of drug-likeness (QED) is 0.557. The fourth-order valence-corrected chi connectivity index (χ4v) is 4.22. The van der Waals surface area contributed by atoms with Crippen molar-refractivity contribution in [2.24, 2.45) is 0 Å². The summed E-state index contributed by atoms with van der Waals surface area (Å²) < 4.78 is 49.0. The standard InChI is InChI=1S/C26H23F3N4O4/c27-26(28,29)19-5-2-17(3-6-19)25(35)33-11-1-10-32(12-13-33)23-9-7-20(15-30-23)31-24(34)18-4-8-21-22(14-18)37-16-36-21/h2-9,14-15H,1,10-13,16H2,(H,31,34). The molecule has 1 aromatic heterocycles. The van der Waals surface area contributed by atoms with Crippen LogP contribution in [0.25, 0.3) is 0 Å². The second kappa shape index (κ2) is 10.00. The normalized spacial score (nSPS) is 15.3. The Labute approximate surface area is 210 Å². The number of fused-ring (bicyclic) bond motifs is 1. The second-order valence-electron chi connectivity index (χ2n) is 8.64. The molecule has 37 heavy (non-hydrogen) atoms. The number of nitrogens with one attached hydrogen (secondary N) is 1. The summed E-state index contributed by atoms with van der Waals surface area (Å²) in [5.74, 6) is 1.21. The van der Waals surface area contributed by atoms with Gasteiger partial charge in [0.1, 0.15) is 5.82 Å². The van der Waals surface area contributed by atoms with E-state index in [1.807, 2.05) is 4.90 Å². The number of alkyl halides is 3. The van der Waals surface area contributed by atoms with Crippen LogP contribution < -0.4 is 19.7 Å². The van der Waals surface area contributed by atoms with Crippen molar-refractivity contribution in [1.29, 1.82) is 0 Å². The maximum Gasteiger partial charge on any atom is 0.416 e. The highest BCUT2D eigenvalue weighted by Gasteiger charge is 2.30. The lowest BCUT2D eigenvalue weighted by atomic mass is 10.1. The summed E-state index contributed by atoms with van der Waals surface area (Å²) in [4.78, 5) is 33.6. The van der Waals surface area contributed by atoms with E-state index in [2.05, 4.69) is 10.3 Å². The smallest absolute Gasteiger partial charge is 0.416 e. The molecule has 2 amide bonds. The van der Waals surface area contributed by atoms with Gasteiger partial charge in [-0.25, -0.2) is 4.98 Å². The first-order chi connectivity index (χ1) is 17.8. The zero-order valence-electron chi connectivity index (χ0n) is 19.6. The molecule has 0 saturated carbocycles. The van der Waals surface area contributed by atoms with Crippen molar-refractivity contribution in [3.8, 4) is 11.5 Å². The van der Waals surface area contributed by atoms with Crippen LogP contribution in [0, 0.1) is 0 Å². The van der Waals surface area contributed by atoms with Crippen molar-refractivity contribution >= 4 is 23.3 Å². The van der Waals surface area contributed by atoms with Crippen molar-refractivity contribution in [2.45, 2.75) is 12.6 Å². The molecule has 3 heterocycles. The van der Waals surface area contributed by atoms with E-state index < -0.39 is 11.7 Å². The molecule has 1 saturated heterocycles. The van der Waals surface area contributed by atoms with E-state index >= 15 is 0 Å². The lowest BCUT2D eigenvalue weighted by Gasteiger charge is -2.23. The van der Waals surface area contributed by atoms with Crippen LogP contribution in [0.5, 0.6) is 11.5 Å². The summed E-state index contributed by atoms with van der Waals surface area (Å²) in [6.45, 7) is 2.20. The van der Waals surface area contributed by atoms with E-state index in [1.54, 1.807) is 41.4 Å². The molecular formula is C26H23F3N4O4. The van der Waals surface area contributed by atoms with Gasteiger partial charge in [0.25, 0.3) is 11.8 Å². The van der Waals surface area contributed by atoms with Crippen LogP contribution in [0.2, 0.25) is 0 Å². The van der Waals surface area contributed by atoms with Gasteiger partial charge in [-0.15, -0.1) is 0 Å². The van der Waals surface area contributed by atoms with Crippen LogP contribution in [0.15, 0.2) is 60.8 Å². The summed E-state index contributed by atoms with van der Waals surface area (Å²) in [5, 5.41) is 2.81. The van der Waals surface area contributed by atoms with Crippen LogP contribution in [0.4, 0.5) is 24.7 Å². The maximum atomic E-state index is 12.8. The second-order valence-corrected chi connectivity index (χ2v) is 8.64. The number of carbonyl (C=O) groups excluding carboxylic acids is 2. The van der Waals surface area contributed by atoms with Gasteiger partial charge in [0.15, 0.2) is 11.5 Å². The van der Waals surface area contributed by atoms with Gasteiger partial charge in [-0.05, 0) is 61.0 Å². The Morgan fingerprint density at radius 2 is 1.62 bits per heavy atom. The van der Waals surface area contributed by atoms with Crippen molar-refractivity contribution in [3.05, 3.63) is 77.5 Å². The van der Waals surface area contributed by atoms with E-state index in [0.717, 1.165) is 12.1 Å². The Kier molecular flexibility index (Phi) is 6.60.